The van der Waals surface area contributed by atoms with E-state index in [4.69, 9.17) is 14.2 Å². The molecule has 0 spiro atoms. The Labute approximate surface area is 374 Å². The molecule has 0 aliphatic heterocycles. The van der Waals surface area contributed by atoms with Crippen molar-refractivity contribution in [3.8, 4) is 0 Å². The van der Waals surface area contributed by atoms with E-state index in [1.807, 2.05) is 0 Å². The summed E-state index contributed by atoms with van der Waals surface area (Å²) >= 11 is 0. The molecular formula is C54H104O6. The van der Waals surface area contributed by atoms with Crippen molar-refractivity contribution in [2.24, 2.45) is 11.8 Å². The summed E-state index contributed by atoms with van der Waals surface area (Å²) in [5.74, 6) is 0.797. The van der Waals surface area contributed by atoms with E-state index in [1.165, 1.54) is 186 Å². The second kappa shape index (κ2) is 46.9. The molecule has 0 bridgehead atoms. The summed E-state index contributed by atoms with van der Waals surface area (Å²) in [6.45, 7) is 11.4. The molecule has 0 amide bonds. The normalized spacial score (nSPS) is 12.1. The van der Waals surface area contributed by atoms with Gasteiger partial charge in [0.2, 0.25) is 0 Å². The van der Waals surface area contributed by atoms with E-state index in [9.17, 15) is 14.4 Å². The summed E-state index contributed by atoms with van der Waals surface area (Å²) in [5, 5.41) is 0. The van der Waals surface area contributed by atoms with Crippen molar-refractivity contribution in [1.29, 1.82) is 0 Å². The Morgan fingerprint density at radius 3 is 0.817 bits per heavy atom. The van der Waals surface area contributed by atoms with Gasteiger partial charge in [0.1, 0.15) is 13.2 Å². The Bertz CT molecular complexity index is 916. The van der Waals surface area contributed by atoms with Gasteiger partial charge in [-0.25, -0.2) is 0 Å². The summed E-state index contributed by atoms with van der Waals surface area (Å²) in [7, 11) is 0. The van der Waals surface area contributed by atoms with Crippen LogP contribution in [-0.2, 0) is 28.6 Å². The maximum absolute atomic E-state index is 12.8. The van der Waals surface area contributed by atoms with E-state index < -0.39 is 6.10 Å². The summed E-state index contributed by atoms with van der Waals surface area (Å²) in [6.07, 6.45) is 48.0. The van der Waals surface area contributed by atoms with Gasteiger partial charge in [-0.3, -0.25) is 14.4 Å². The molecule has 0 rings (SSSR count). The van der Waals surface area contributed by atoms with Crippen LogP contribution in [0.2, 0.25) is 0 Å². The van der Waals surface area contributed by atoms with Crippen LogP contribution < -0.4 is 0 Å². The van der Waals surface area contributed by atoms with Crippen LogP contribution in [0.4, 0.5) is 0 Å². The minimum Gasteiger partial charge on any atom is -0.462 e. The SMILES string of the molecule is CCCCCCCCCCCCCCCCCC(=O)OC[C@H](COC(=O)CCCCCCCCCCCCCC(C)C)OC(=O)CCCCCCCCCCCCC(C)C. The molecule has 356 valence electrons. The monoisotopic (exact) mass is 849 g/mol. The minimum atomic E-state index is -0.762. The van der Waals surface area contributed by atoms with Gasteiger partial charge >= 0.3 is 17.9 Å². The third kappa shape index (κ3) is 47.5. The summed E-state index contributed by atoms with van der Waals surface area (Å²) < 4.78 is 16.8. The smallest absolute Gasteiger partial charge is 0.306 e. The van der Waals surface area contributed by atoms with Crippen molar-refractivity contribution in [1.82, 2.24) is 0 Å². The molecule has 0 radical (unpaired) electrons. The van der Waals surface area contributed by atoms with Crippen LogP contribution in [-0.4, -0.2) is 37.2 Å². The molecule has 1 atom stereocenters. The Morgan fingerprint density at radius 2 is 0.550 bits per heavy atom. The van der Waals surface area contributed by atoms with Crippen molar-refractivity contribution >= 4 is 17.9 Å². The molecule has 0 aliphatic rings. The number of hydrogen-bond donors (Lipinski definition) is 0. The summed E-state index contributed by atoms with van der Waals surface area (Å²) in [5.41, 5.74) is 0. The first-order valence-electron chi connectivity index (χ1n) is 26.7. The maximum Gasteiger partial charge on any atom is 0.306 e. The molecule has 6 nitrogen and oxygen atoms in total. The number of ether oxygens (including phenoxy) is 3. The van der Waals surface area contributed by atoms with E-state index >= 15 is 0 Å². The minimum absolute atomic E-state index is 0.0635. The highest BCUT2D eigenvalue weighted by Crippen LogP contribution is 2.17. The first-order valence-corrected chi connectivity index (χ1v) is 26.7. The summed E-state index contributed by atoms with van der Waals surface area (Å²) in [6, 6.07) is 0. The van der Waals surface area contributed by atoms with E-state index in [0.717, 1.165) is 69.6 Å². The van der Waals surface area contributed by atoms with Gasteiger partial charge in [-0.1, -0.05) is 259 Å². The molecule has 0 aliphatic carbocycles. The van der Waals surface area contributed by atoms with Crippen LogP contribution in [0, 0.1) is 11.8 Å². The molecule has 0 saturated carbocycles. The zero-order valence-corrected chi connectivity index (χ0v) is 41.1. The molecule has 0 aromatic heterocycles. The standard InChI is InChI=1S/C54H104O6/c1-6-7-8-9-10-11-12-13-14-15-18-24-29-34-39-44-52(55)58-47-51(60-54(57)46-41-36-31-26-21-20-23-28-33-38-43-50(4)5)48-59-53(56)45-40-35-30-25-19-16-17-22-27-32-37-42-49(2)3/h49-51H,6-48H2,1-5H3/t51-/m1/s1. The third-order valence-electron chi connectivity index (χ3n) is 12.2. The van der Waals surface area contributed by atoms with Crippen LogP contribution in [0.5, 0.6) is 0 Å². The largest absolute Gasteiger partial charge is 0.462 e. The van der Waals surface area contributed by atoms with Gasteiger partial charge in [0.25, 0.3) is 0 Å². The molecule has 6 heteroatoms. The molecule has 0 fully saturated rings. The number of unbranched alkanes of at least 4 members (excludes halogenated alkanes) is 33. The van der Waals surface area contributed by atoms with Crippen molar-refractivity contribution in [3.63, 3.8) is 0 Å². The molecule has 60 heavy (non-hydrogen) atoms. The highest BCUT2D eigenvalue weighted by molar-refractivity contribution is 5.71. The van der Waals surface area contributed by atoms with Crippen molar-refractivity contribution in [3.05, 3.63) is 0 Å². The average Bonchev–Trinajstić information content (AvgIpc) is 3.22. The molecular weight excluding hydrogens is 745 g/mol. The Morgan fingerprint density at radius 1 is 0.317 bits per heavy atom. The first-order chi connectivity index (χ1) is 29.2. The molecule has 0 saturated heterocycles. The molecule has 0 heterocycles. The number of hydrogen-bond acceptors (Lipinski definition) is 6. The van der Waals surface area contributed by atoms with Crippen LogP contribution in [0.3, 0.4) is 0 Å². The zero-order valence-electron chi connectivity index (χ0n) is 41.1. The second-order valence-electron chi connectivity index (χ2n) is 19.5. The first kappa shape index (κ1) is 58.4. The Hall–Kier alpha value is -1.59. The highest BCUT2D eigenvalue weighted by atomic mass is 16.6. The van der Waals surface area contributed by atoms with Gasteiger partial charge in [-0.2, -0.15) is 0 Å². The Kier molecular flexibility index (Phi) is 45.7. The number of carbonyl (C=O) groups is 3. The maximum atomic E-state index is 12.8. The lowest BCUT2D eigenvalue weighted by Crippen LogP contribution is -2.30. The van der Waals surface area contributed by atoms with Crippen LogP contribution in [0.25, 0.3) is 0 Å². The van der Waals surface area contributed by atoms with E-state index in [0.29, 0.717) is 19.3 Å². The number of rotatable bonds is 48. The van der Waals surface area contributed by atoms with Crippen molar-refractivity contribution in [2.75, 3.05) is 13.2 Å². The van der Waals surface area contributed by atoms with Gasteiger partial charge in [0.05, 0.1) is 0 Å². The number of esters is 3. The lowest BCUT2D eigenvalue weighted by atomic mass is 10.0. The van der Waals surface area contributed by atoms with Crippen LogP contribution in [0.15, 0.2) is 0 Å². The fourth-order valence-electron chi connectivity index (χ4n) is 8.17. The average molecular weight is 849 g/mol. The van der Waals surface area contributed by atoms with Crippen LogP contribution in [0.1, 0.15) is 298 Å². The second-order valence-corrected chi connectivity index (χ2v) is 19.5. The van der Waals surface area contributed by atoms with Gasteiger partial charge in [-0.05, 0) is 31.1 Å². The van der Waals surface area contributed by atoms with Gasteiger partial charge in [0, 0.05) is 19.3 Å². The Balaban J connectivity index is 4.31. The third-order valence-corrected chi connectivity index (χ3v) is 12.2. The summed E-state index contributed by atoms with van der Waals surface area (Å²) in [4.78, 5) is 38.0. The fraction of sp³-hybridized carbons (Fsp3) is 0.944. The van der Waals surface area contributed by atoms with Gasteiger partial charge < -0.3 is 14.2 Å². The molecule has 0 unspecified atom stereocenters. The quantitative estimate of drug-likeness (QED) is 0.0345. The molecule has 0 aromatic rings. The fourth-order valence-corrected chi connectivity index (χ4v) is 8.17. The van der Waals surface area contributed by atoms with Crippen LogP contribution >= 0.6 is 0 Å². The van der Waals surface area contributed by atoms with Crippen molar-refractivity contribution in [2.45, 2.75) is 304 Å². The van der Waals surface area contributed by atoms with E-state index in [-0.39, 0.29) is 31.1 Å². The highest BCUT2D eigenvalue weighted by Gasteiger charge is 2.19. The number of carbonyl (C=O) groups excluding carboxylic acids is 3. The predicted octanol–water partition coefficient (Wildman–Crippen LogP) is 17.3. The van der Waals surface area contributed by atoms with Gasteiger partial charge in [0.15, 0.2) is 6.10 Å². The lowest BCUT2D eigenvalue weighted by molar-refractivity contribution is -0.167. The van der Waals surface area contributed by atoms with E-state index in [1.54, 1.807) is 0 Å². The van der Waals surface area contributed by atoms with E-state index in [2.05, 4.69) is 34.6 Å². The molecule has 0 aromatic carbocycles. The predicted molar refractivity (Wildman–Crippen MR) is 256 cm³/mol. The molecule has 0 N–H and O–H groups in total. The zero-order chi connectivity index (χ0) is 44.0. The lowest BCUT2D eigenvalue weighted by Gasteiger charge is -2.18. The van der Waals surface area contributed by atoms with Crippen molar-refractivity contribution < 1.29 is 28.6 Å². The topological polar surface area (TPSA) is 78.9 Å². The van der Waals surface area contributed by atoms with Gasteiger partial charge in [-0.15, -0.1) is 0 Å².